The van der Waals surface area contributed by atoms with Crippen molar-refractivity contribution in [2.75, 3.05) is 0 Å². The van der Waals surface area contributed by atoms with Crippen LogP contribution in [0, 0.1) is 0 Å². The van der Waals surface area contributed by atoms with Crippen LogP contribution in [-0.4, -0.2) is 0 Å². The first kappa shape index (κ1) is 14.9. The third-order valence-electron chi connectivity index (χ3n) is 3.03. The summed E-state index contributed by atoms with van der Waals surface area (Å²) >= 11 is 21.5. The van der Waals surface area contributed by atoms with Crippen molar-refractivity contribution in [2.24, 2.45) is 0 Å². The molecule has 3 aromatic rings. The Bertz CT molecular complexity index is 762. The van der Waals surface area contributed by atoms with E-state index in [4.69, 9.17) is 23.2 Å². The maximum Gasteiger partial charge on any atom is 0.0850 e. The van der Waals surface area contributed by atoms with Gasteiger partial charge in [0.2, 0.25) is 0 Å². The largest absolute Gasteiger partial charge is 0.142 e. The summed E-state index contributed by atoms with van der Waals surface area (Å²) in [6.07, 6.45) is 0. The molecule has 0 radical (unpaired) electrons. The van der Waals surface area contributed by atoms with Crippen LogP contribution in [0.25, 0.3) is 10.1 Å². The van der Waals surface area contributed by atoms with Crippen molar-refractivity contribution in [3.63, 3.8) is 0 Å². The van der Waals surface area contributed by atoms with Crippen LogP contribution in [0.3, 0.4) is 0 Å². The van der Waals surface area contributed by atoms with Crippen LogP contribution in [0.1, 0.15) is 16.5 Å². The van der Waals surface area contributed by atoms with Crippen molar-refractivity contribution < 1.29 is 0 Å². The molecule has 0 aliphatic carbocycles. The molecule has 1 aromatic heterocycles. The standard InChI is InChI=1S/C15H8Br2Cl2S/c16-9-4-8(5-10(18)6-9)14(19)12-7-20-15-11(12)2-1-3-13(15)17/h1-7,14H. The first-order valence-electron chi connectivity index (χ1n) is 5.82. The zero-order chi connectivity index (χ0) is 14.3. The van der Waals surface area contributed by atoms with Gasteiger partial charge in [-0.25, -0.2) is 0 Å². The maximum absolute atomic E-state index is 6.66. The summed E-state index contributed by atoms with van der Waals surface area (Å²) in [5, 5.41) is 3.76. The number of thiophene rings is 1. The van der Waals surface area contributed by atoms with E-state index in [-0.39, 0.29) is 5.38 Å². The third-order valence-corrected chi connectivity index (χ3v) is 6.17. The molecule has 2 aromatic carbocycles. The Hall–Kier alpha value is -0.0600. The number of hydrogen-bond donors (Lipinski definition) is 0. The monoisotopic (exact) mass is 448 g/mol. The van der Waals surface area contributed by atoms with Crippen molar-refractivity contribution in [3.05, 3.63) is 66.9 Å². The maximum atomic E-state index is 6.66. The average molecular weight is 451 g/mol. The van der Waals surface area contributed by atoms with Gasteiger partial charge < -0.3 is 0 Å². The van der Waals surface area contributed by atoms with Crippen LogP contribution in [0.5, 0.6) is 0 Å². The van der Waals surface area contributed by atoms with Gasteiger partial charge >= 0.3 is 0 Å². The van der Waals surface area contributed by atoms with E-state index in [2.05, 4.69) is 43.3 Å². The first-order chi connectivity index (χ1) is 9.56. The minimum atomic E-state index is -0.215. The topological polar surface area (TPSA) is 0 Å². The minimum absolute atomic E-state index is 0.215. The van der Waals surface area contributed by atoms with Crippen LogP contribution in [-0.2, 0) is 0 Å². The molecule has 0 saturated heterocycles. The molecule has 0 N–H and O–H groups in total. The highest BCUT2D eigenvalue weighted by molar-refractivity contribution is 9.11. The van der Waals surface area contributed by atoms with E-state index < -0.39 is 0 Å². The molecule has 0 nitrogen and oxygen atoms in total. The molecule has 1 unspecified atom stereocenters. The van der Waals surface area contributed by atoms with E-state index in [0.29, 0.717) is 5.02 Å². The SMILES string of the molecule is Clc1cc(Br)cc(C(Cl)c2csc3c(Br)cccc23)c1. The van der Waals surface area contributed by atoms with Gasteiger partial charge in [0.25, 0.3) is 0 Å². The molecule has 1 heterocycles. The Balaban J connectivity index is 2.13. The lowest BCUT2D eigenvalue weighted by atomic mass is 10.0. The summed E-state index contributed by atoms with van der Waals surface area (Å²) in [7, 11) is 0. The molecule has 0 aliphatic rings. The van der Waals surface area contributed by atoms with Crippen molar-refractivity contribution >= 4 is 76.5 Å². The van der Waals surface area contributed by atoms with Gasteiger partial charge in [0.15, 0.2) is 0 Å². The van der Waals surface area contributed by atoms with E-state index in [1.54, 1.807) is 11.3 Å². The third kappa shape index (κ3) is 2.79. The molecule has 0 saturated carbocycles. The summed E-state index contributed by atoms with van der Waals surface area (Å²) in [6, 6.07) is 11.9. The Labute approximate surface area is 148 Å². The molecule has 20 heavy (non-hydrogen) atoms. The number of fused-ring (bicyclic) bond motifs is 1. The summed E-state index contributed by atoms with van der Waals surface area (Å²) in [6.45, 7) is 0. The van der Waals surface area contributed by atoms with Gasteiger partial charge in [-0.15, -0.1) is 22.9 Å². The lowest BCUT2D eigenvalue weighted by Gasteiger charge is -2.10. The molecule has 0 fully saturated rings. The van der Waals surface area contributed by atoms with Gasteiger partial charge in [0.05, 0.1) is 5.38 Å². The van der Waals surface area contributed by atoms with Crippen molar-refractivity contribution in [3.8, 4) is 0 Å². The molecule has 102 valence electrons. The molecular formula is C15H8Br2Cl2S. The van der Waals surface area contributed by atoms with E-state index in [1.165, 1.54) is 10.1 Å². The molecule has 0 aliphatic heterocycles. The molecular weight excluding hydrogens is 443 g/mol. The average Bonchev–Trinajstić information content (AvgIpc) is 2.82. The number of benzene rings is 2. The van der Waals surface area contributed by atoms with Gasteiger partial charge in [-0.2, -0.15) is 0 Å². The summed E-state index contributed by atoms with van der Waals surface area (Å²) in [5.41, 5.74) is 2.10. The second-order valence-electron chi connectivity index (χ2n) is 4.37. The van der Waals surface area contributed by atoms with Crippen molar-refractivity contribution in [1.82, 2.24) is 0 Å². The Kier molecular flexibility index (Phi) is 4.44. The van der Waals surface area contributed by atoms with E-state index in [1.807, 2.05) is 30.3 Å². The Morgan fingerprint density at radius 3 is 2.65 bits per heavy atom. The van der Waals surface area contributed by atoms with E-state index in [9.17, 15) is 0 Å². The van der Waals surface area contributed by atoms with Crippen molar-refractivity contribution in [1.29, 1.82) is 0 Å². The Morgan fingerprint density at radius 1 is 1.10 bits per heavy atom. The highest BCUT2D eigenvalue weighted by Crippen LogP contribution is 2.41. The normalized spacial score (nSPS) is 12.8. The van der Waals surface area contributed by atoms with Gasteiger partial charge in [-0.1, -0.05) is 39.7 Å². The Morgan fingerprint density at radius 2 is 1.90 bits per heavy atom. The van der Waals surface area contributed by atoms with E-state index in [0.717, 1.165) is 20.1 Å². The lowest BCUT2D eigenvalue weighted by Crippen LogP contribution is -1.92. The molecule has 0 bridgehead atoms. The molecule has 3 rings (SSSR count). The zero-order valence-electron chi connectivity index (χ0n) is 10.0. The number of rotatable bonds is 2. The minimum Gasteiger partial charge on any atom is -0.142 e. The number of hydrogen-bond acceptors (Lipinski definition) is 1. The van der Waals surface area contributed by atoms with Gasteiger partial charge in [0.1, 0.15) is 0 Å². The zero-order valence-corrected chi connectivity index (χ0v) is 15.5. The highest BCUT2D eigenvalue weighted by Gasteiger charge is 2.17. The van der Waals surface area contributed by atoms with Crippen LogP contribution in [0.2, 0.25) is 5.02 Å². The smallest absolute Gasteiger partial charge is 0.0850 e. The van der Waals surface area contributed by atoms with Crippen LogP contribution in [0.4, 0.5) is 0 Å². The summed E-state index contributed by atoms with van der Waals surface area (Å²) in [4.78, 5) is 0. The van der Waals surface area contributed by atoms with Gasteiger partial charge in [-0.3, -0.25) is 0 Å². The van der Waals surface area contributed by atoms with Gasteiger partial charge in [-0.05, 0) is 62.1 Å². The summed E-state index contributed by atoms with van der Waals surface area (Å²) in [5.74, 6) is 0. The molecule has 5 heteroatoms. The van der Waals surface area contributed by atoms with E-state index >= 15 is 0 Å². The fourth-order valence-electron chi connectivity index (χ4n) is 2.14. The lowest BCUT2D eigenvalue weighted by molar-refractivity contribution is 1.17. The number of halogens is 4. The second kappa shape index (κ2) is 5.98. The van der Waals surface area contributed by atoms with Crippen molar-refractivity contribution in [2.45, 2.75) is 5.38 Å². The number of alkyl halides is 1. The summed E-state index contributed by atoms with van der Waals surface area (Å²) < 4.78 is 3.25. The fourth-order valence-corrected chi connectivity index (χ4v) is 5.05. The predicted octanol–water partition coefficient (Wildman–Crippen LogP) is 7.41. The van der Waals surface area contributed by atoms with Crippen LogP contribution >= 0.6 is 66.4 Å². The van der Waals surface area contributed by atoms with Crippen LogP contribution in [0.15, 0.2) is 50.7 Å². The molecule has 1 atom stereocenters. The second-order valence-corrected chi connectivity index (χ2v) is 7.90. The fraction of sp³-hybridized carbons (Fsp3) is 0.0667. The van der Waals surface area contributed by atoms with Crippen LogP contribution < -0.4 is 0 Å². The molecule has 0 spiro atoms. The first-order valence-corrected chi connectivity index (χ1v) is 9.10. The molecule has 0 amide bonds. The predicted molar refractivity (Wildman–Crippen MR) is 96.4 cm³/mol. The quantitative estimate of drug-likeness (QED) is 0.356. The highest BCUT2D eigenvalue weighted by atomic mass is 79.9. The van der Waals surface area contributed by atoms with Gasteiger partial charge in [0, 0.05) is 18.7 Å².